The number of benzene rings is 1. The van der Waals surface area contributed by atoms with Crippen LogP contribution in [0.1, 0.15) is 48.1 Å². The topological polar surface area (TPSA) is 33.1 Å². The summed E-state index contributed by atoms with van der Waals surface area (Å²) in [6.07, 6.45) is 2.82. The predicted octanol–water partition coefficient (Wildman–Crippen LogP) is 5.01. The number of nitrogens with zero attached hydrogens (tertiary/aromatic N) is 3. The van der Waals surface area contributed by atoms with E-state index in [1.165, 1.54) is 17.7 Å². The van der Waals surface area contributed by atoms with Crippen molar-refractivity contribution in [2.75, 3.05) is 6.54 Å². The lowest BCUT2D eigenvalue weighted by Crippen LogP contribution is -2.30. The van der Waals surface area contributed by atoms with Crippen LogP contribution in [0.15, 0.2) is 54.7 Å². The molecule has 1 saturated heterocycles. The highest BCUT2D eigenvalue weighted by Gasteiger charge is 2.40. The third kappa shape index (κ3) is 3.53. The Balaban J connectivity index is 1.82. The third-order valence-corrected chi connectivity index (χ3v) is 5.89. The summed E-state index contributed by atoms with van der Waals surface area (Å²) in [5.41, 5.74) is 5.39. The minimum absolute atomic E-state index is 0.0163. The van der Waals surface area contributed by atoms with Crippen molar-refractivity contribution in [3.8, 4) is 5.69 Å². The molecule has 0 radical (unpaired) electrons. The fourth-order valence-corrected chi connectivity index (χ4v) is 4.63. The molecule has 0 spiro atoms. The molecule has 0 unspecified atom stereocenters. The van der Waals surface area contributed by atoms with E-state index in [1.807, 2.05) is 36.5 Å². The number of thiocarbonyl (C=S) groups is 1. The van der Waals surface area contributed by atoms with Gasteiger partial charge in [-0.1, -0.05) is 13.0 Å². The van der Waals surface area contributed by atoms with E-state index in [9.17, 15) is 4.39 Å². The van der Waals surface area contributed by atoms with Gasteiger partial charge in [0.15, 0.2) is 5.11 Å². The molecule has 1 aliphatic rings. The largest absolute Gasteiger partial charge is 0.352 e. The first kappa shape index (κ1) is 19.6. The van der Waals surface area contributed by atoms with Crippen molar-refractivity contribution in [3.05, 3.63) is 83.2 Å². The maximum absolute atomic E-state index is 13.4. The molecule has 1 N–H and O–H groups in total. The lowest BCUT2D eigenvalue weighted by atomic mass is 9.96. The highest BCUT2D eigenvalue weighted by Crippen LogP contribution is 2.41. The van der Waals surface area contributed by atoms with Gasteiger partial charge in [0.2, 0.25) is 0 Å². The number of rotatable bonds is 5. The quantitative estimate of drug-likeness (QED) is 0.602. The first-order chi connectivity index (χ1) is 14.0. The average molecular weight is 409 g/mol. The van der Waals surface area contributed by atoms with E-state index in [-0.39, 0.29) is 17.9 Å². The Morgan fingerprint density at radius 1 is 1.14 bits per heavy atom. The summed E-state index contributed by atoms with van der Waals surface area (Å²) >= 11 is 5.69. The minimum Gasteiger partial charge on any atom is -0.352 e. The Bertz CT molecular complexity index is 1010. The van der Waals surface area contributed by atoms with Crippen LogP contribution < -0.4 is 5.32 Å². The van der Waals surface area contributed by atoms with Crippen molar-refractivity contribution >= 4 is 17.3 Å². The number of hydrogen-bond acceptors (Lipinski definition) is 2. The van der Waals surface area contributed by atoms with Gasteiger partial charge in [0.05, 0.1) is 17.8 Å². The Labute approximate surface area is 176 Å². The maximum atomic E-state index is 13.4. The van der Waals surface area contributed by atoms with Gasteiger partial charge in [0.25, 0.3) is 0 Å². The predicted molar refractivity (Wildman–Crippen MR) is 118 cm³/mol. The molecular formula is C23H25FN4S. The summed E-state index contributed by atoms with van der Waals surface area (Å²) in [6.45, 7) is 7.24. The van der Waals surface area contributed by atoms with Crippen LogP contribution in [0, 0.1) is 19.7 Å². The molecule has 1 fully saturated rings. The number of aryl methyl sites for hydroxylation is 1. The van der Waals surface area contributed by atoms with Gasteiger partial charge in [-0.15, -0.1) is 0 Å². The summed E-state index contributed by atoms with van der Waals surface area (Å²) in [6, 6.07) is 14.9. The van der Waals surface area contributed by atoms with Crippen LogP contribution in [-0.4, -0.2) is 26.1 Å². The maximum Gasteiger partial charge on any atom is 0.170 e. The van der Waals surface area contributed by atoms with Gasteiger partial charge in [-0.2, -0.15) is 0 Å². The molecule has 0 aliphatic carbocycles. The van der Waals surface area contributed by atoms with Crippen molar-refractivity contribution in [2.24, 2.45) is 0 Å². The van der Waals surface area contributed by atoms with E-state index in [4.69, 9.17) is 12.2 Å². The third-order valence-electron chi connectivity index (χ3n) is 5.54. The molecule has 6 heteroatoms. The fourth-order valence-electron chi connectivity index (χ4n) is 4.30. The molecule has 1 aromatic carbocycles. The lowest BCUT2D eigenvalue weighted by Gasteiger charge is -2.27. The van der Waals surface area contributed by atoms with Crippen molar-refractivity contribution in [1.82, 2.24) is 19.8 Å². The zero-order valence-corrected chi connectivity index (χ0v) is 17.7. The van der Waals surface area contributed by atoms with Gasteiger partial charge < -0.3 is 14.8 Å². The molecule has 1 aliphatic heterocycles. The van der Waals surface area contributed by atoms with Gasteiger partial charge in [-0.05, 0) is 80.5 Å². The molecular weight excluding hydrogens is 383 g/mol. The Morgan fingerprint density at radius 2 is 1.90 bits per heavy atom. The molecule has 4 rings (SSSR count). The molecule has 4 nitrogen and oxygen atoms in total. The number of nitrogens with one attached hydrogen (secondary N) is 1. The number of halogens is 1. The van der Waals surface area contributed by atoms with Gasteiger partial charge in [-0.3, -0.25) is 4.98 Å². The van der Waals surface area contributed by atoms with E-state index in [0.29, 0.717) is 0 Å². The van der Waals surface area contributed by atoms with E-state index >= 15 is 0 Å². The second-order valence-electron chi connectivity index (χ2n) is 7.46. The molecule has 150 valence electrons. The summed E-state index contributed by atoms with van der Waals surface area (Å²) in [4.78, 5) is 6.86. The normalized spacial score (nSPS) is 18.9. The van der Waals surface area contributed by atoms with Gasteiger partial charge in [-0.25, -0.2) is 4.39 Å². The minimum atomic E-state index is -0.230. The summed E-state index contributed by atoms with van der Waals surface area (Å²) in [5.74, 6) is -0.230. The molecule has 0 amide bonds. The highest BCUT2D eigenvalue weighted by atomic mass is 32.1. The summed E-state index contributed by atoms with van der Waals surface area (Å²) < 4.78 is 15.6. The van der Waals surface area contributed by atoms with Gasteiger partial charge >= 0.3 is 0 Å². The second kappa shape index (κ2) is 7.95. The average Bonchev–Trinajstić information content (AvgIpc) is 3.20. The number of aromatic nitrogens is 2. The van der Waals surface area contributed by atoms with Gasteiger partial charge in [0.1, 0.15) is 5.82 Å². The van der Waals surface area contributed by atoms with Crippen LogP contribution in [0.25, 0.3) is 5.69 Å². The van der Waals surface area contributed by atoms with E-state index in [2.05, 4.69) is 46.6 Å². The van der Waals surface area contributed by atoms with Crippen molar-refractivity contribution < 1.29 is 4.39 Å². The molecule has 0 saturated carbocycles. The van der Waals surface area contributed by atoms with Crippen LogP contribution in [0.2, 0.25) is 0 Å². The zero-order valence-electron chi connectivity index (χ0n) is 16.9. The molecule has 3 aromatic rings. The standard InChI is InChI=1S/C23H25FN4S/c1-4-13-27-22(21(26-23(27)29)20-7-5-6-12-25-20)19-14-15(2)28(16(19)3)18-10-8-17(24)9-11-18/h5-12,14,21-22H,4,13H2,1-3H3,(H,26,29)/t21-,22+/m1/s1. The van der Waals surface area contributed by atoms with Crippen LogP contribution in [0.4, 0.5) is 4.39 Å². The first-order valence-corrected chi connectivity index (χ1v) is 10.3. The fraction of sp³-hybridized carbons (Fsp3) is 0.304. The SMILES string of the molecule is CCCN1C(=S)N[C@H](c2ccccn2)[C@@H]1c1cc(C)n(-c2ccc(F)cc2)c1C. The molecule has 3 heterocycles. The Morgan fingerprint density at radius 3 is 2.55 bits per heavy atom. The second-order valence-corrected chi connectivity index (χ2v) is 7.84. The summed E-state index contributed by atoms with van der Waals surface area (Å²) in [7, 11) is 0. The van der Waals surface area contributed by atoms with Crippen LogP contribution in [0.5, 0.6) is 0 Å². The van der Waals surface area contributed by atoms with E-state index < -0.39 is 0 Å². The highest BCUT2D eigenvalue weighted by molar-refractivity contribution is 7.80. The Hall–Kier alpha value is -2.73. The van der Waals surface area contributed by atoms with Crippen LogP contribution in [-0.2, 0) is 0 Å². The van der Waals surface area contributed by atoms with Crippen molar-refractivity contribution in [1.29, 1.82) is 0 Å². The lowest BCUT2D eigenvalue weighted by molar-refractivity contribution is 0.316. The first-order valence-electron chi connectivity index (χ1n) is 9.94. The smallest absolute Gasteiger partial charge is 0.170 e. The molecule has 2 atom stereocenters. The van der Waals surface area contributed by atoms with E-state index in [1.54, 1.807) is 0 Å². The number of hydrogen-bond donors (Lipinski definition) is 1. The molecule has 29 heavy (non-hydrogen) atoms. The van der Waals surface area contributed by atoms with E-state index in [0.717, 1.165) is 40.8 Å². The van der Waals surface area contributed by atoms with Crippen molar-refractivity contribution in [3.63, 3.8) is 0 Å². The van der Waals surface area contributed by atoms with Crippen molar-refractivity contribution in [2.45, 2.75) is 39.3 Å². The molecule has 0 bridgehead atoms. The molecule has 2 aromatic heterocycles. The summed E-state index contributed by atoms with van der Waals surface area (Å²) in [5, 5.41) is 4.26. The number of pyridine rings is 1. The van der Waals surface area contributed by atoms with Gasteiger partial charge in [0, 0.05) is 29.8 Å². The zero-order chi connectivity index (χ0) is 20.5. The monoisotopic (exact) mass is 408 g/mol. The van der Waals surface area contributed by atoms with Crippen LogP contribution in [0.3, 0.4) is 0 Å². The van der Waals surface area contributed by atoms with Crippen LogP contribution >= 0.6 is 12.2 Å². The Kier molecular flexibility index (Phi) is 5.37.